The van der Waals surface area contributed by atoms with Crippen LogP contribution in [0.4, 0.5) is 0 Å². The Bertz CT molecular complexity index is 603. The molecule has 2 fully saturated rings. The van der Waals surface area contributed by atoms with Crippen molar-refractivity contribution >= 4 is 0 Å². The maximum Gasteiger partial charge on any atom is 0.0449 e. The van der Waals surface area contributed by atoms with Crippen molar-refractivity contribution in [2.24, 2.45) is 5.41 Å². The van der Waals surface area contributed by atoms with Crippen LogP contribution in [-0.2, 0) is 6.54 Å². The molecule has 3 heterocycles. The molecule has 1 atom stereocenters. The van der Waals surface area contributed by atoms with Crippen molar-refractivity contribution in [2.45, 2.75) is 32.2 Å². The van der Waals surface area contributed by atoms with E-state index in [0.29, 0.717) is 5.41 Å². The summed E-state index contributed by atoms with van der Waals surface area (Å²) < 4.78 is 2.16. The molecule has 1 unspecified atom stereocenters. The smallest absolute Gasteiger partial charge is 0.0449 e. The number of benzene rings is 1. The Morgan fingerprint density at radius 1 is 1.00 bits per heavy atom. The van der Waals surface area contributed by atoms with E-state index in [2.05, 4.69) is 63.6 Å². The Morgan fingerprint density at radius 3 is 2.52 bits per heavy atom. The van der Waals surface area contributed by atoms with Gasteiger partial charge in [-0.3, -0.25) is 4.90 Å². The van der Waals surface area contributed by atoms with Crippen molar-refractivity contribution in [2.75, 3.05) is 26.2 Å². The molecule has 1 aromatic heterocycles. The van der Waals surface area contributed by atoms with Crippen molar-refractivity contribution < 1.29 is 0 Å². The highest BCUT2D eigenvalue weighted by atomic mass is 15.1. The van der Waals surface area contributed by atoms with Gasteiger partial charge in [0.2, 0.25) is 0 Å². The summed E-state index contributed by atoms with van der Waals surface area (Å²) in [4.78, 5) is 2.67. The Balaban J connectivity index is 1.41. The minimum absolute atomic E-state index is 0.543. The molecule has 0 amide bonds. The van der Waals surface area contributed by atoms with Gasteiger partial charge in [-0.25, -0.2) is 0 Å². The van der Waals surface area contributed by atoms with Gasteiger partial charge in [0, 0.05) is 37.7 Å². The van der Waals surface area contributed by atoms with Gasteiger partial charge in [0.15, 0.2) is 0 Å². The number of hydrogen-bond donors (Lipinski definition) is 1. The van der Waals surface area contributed by atoms with E-state index in [1.54, 1.807) is 0 Å². The van der Waals surface area contributed by atoms with E-state index in [-0.39, 0.29) is 0 Å². The summed E-state index contributed by atoms with van der Waals surface area (Å²) in [6, 6.07) is 13.2. The van der Waals surface area contributed by atoms with Gasteiger partial charge in [-0.1, -0.05) is 12.1 Å². The summed E-state index contributed by atoms with van der Waals surface area (Å²) >= 11 is 0. The molecule has 4 rings (SSSR count). The summed E-state index contributed by atoms with van der Waals surface area (Å²) in [7, 11) is 0. The van der Waals surface area contributed by atoms with Crippen LogP contribution in [0, 0.1) is 5.41 Å². The zero-order valence-corrected chi connectivity index (χ0v) is 13.9. The van der Waals surface area contributed by atoms with E-state index in [0.717, 1.165) is 6.54 Å². The Morgan fingerprint density at radius 2 is 1.78 bits per heavy atom. The third-order valence-electron chi connectivity index (χ3n) is 5.55. The maximum atomic E-state index is 3.62. The molecule has 0 saturated carbocycles. The number of aromatic nitrogens is 1. The lowest BCUT2D eigenvalue weighted by molar-refractivity contribution is 0.0601. The van der Waals surface area contributed by atoms with Crippen molar-refractivity contribution in [1.82, 2.24) is 14.8 Å². The van der Waals surface area contributed by atoms with Crippen molar-refractivity contribution in [3.05, 3.63) is 54.4 Å². The van der Waals surface area contributed by atoms with Gasteiger partial charge < -0.3 is 9.88 Å². The van der Waals surface area contributed by atoms with Gasteiger partial charge in [0.25, 0.3) is 0 Å². The molecule has 1 N–H and O–H groups in total. The summed E-state index contributed by atoms with van der Waals surface area (Å²) in [6.45, 7) is 6.03. The lowest BCUT2D eigenvalue weighted by atomic mass is 9.74. The number of rotatable bonds is 3. The Labute approximate surface area is 139 Å². The van der Waals surface area contributed by atoms with Crippen molar-refractivity contribution in [1.29, 1.82) is 0 Å². The molecule has 3 nitrogen and oxygen atoms in total. The van der Waals surface area contributed by atoms with Crippen LogP contribution in [0.25, 0.3) is 5.69 Å². The maximum absolute atomic E-state index is 3.62. The molecule has 2 aliphatic heterocycles. The first-order valence-corrected chi connectivity index (χ1v) is 8.98. The van der Waals surface area contributed by atoms with Crippen LogP contribution in [0.1, 0.15) is 31.2 Å². The Hall–Kier alpha value is -1.58. The Kier molecular flexibility index (Phi) is 4.23. The number of nitrogens with one attached hydrogen (secondary N) is 1. The van der Waals surface area contributed by atoms with E-state index in [4.69, 9.17) is 0 Å². The summed E-state index contributed by atoms with van der Waals surface area (Å²) in [6.07, 6.45) is 9.70. The monoisotopic (exact) mass is 309 g/mol. The molecule has 2 aromatic rings. The fourth-order valence-corrected chi connectivity index (χ4v) is 4.36. The first-order chi connectivity index (χ1) is 11.3. The van der Waals surface area contributed by atoms with Crippen molar-refractivity contribution in [3.8, 4) is 5.69 Å². The third kappa shape index (κ3) is 3.36. The highest BCUT2D eigenvalue weighted by Gasteiger charge is 2.36. The summed E-state index contributed by atoms with van der Waals surface area (Å²) in [5.41, 5.74) is 3.22. The molecule has 122 valence electrons. The van der Waals surface area contributed by atoms with Gasteiger partial charge in [0.1, 0.15) is 0 Å². The van der Waals surface area contributed by atoms with Crippen LogP contribution in [0.2, 0.25) is 0 Å². The fourth-order valence-electron chi connectivity index (χ4n) is 4.36. The molecule has 0 bridgehead atoms. The molecule has 0 radical (unpaired) electrons. The molecule has 2 saturated heterocycles. The van der Waals surface area contributed by atoms with Crippen LogP contribution in [0.3, 0.4) is 0 Å². The summed E-state index contributed by atoms with van der Waals surface area (Å²) in [5.74, 6) is 0. The number of hydrogen-bond acceptors (Lipinski definition) is 2. The van der Waals surface area contributed by atoms with Crippen LogP contribution in [-0.4, -0.2) is 35.6 Å². The van der Waals surface area contributed by atoms with E-state index in [1.807, 2.05) is 0 Å². The average Bonchev–Trinajstić information content (AvgIpc) is 3.11. The normalized spacial score (nSPS) is 25.7. The van der Waals surface area contributed by atoms with Crippen LogP contribution in [0.15, 0.2) is 48.8 Å². The third-order valence-corrected chi connectivity index (χ3v) is 5.55. The number of piperidine rings is 2. The highest BCUT2D eigenvalue weighted by molar-refractivity contribution is 5.35. The van der Waals surface area contributed by atoms with E-state index < -0.39 is 0 Å². The second-order valence-corrected chi connectivity index (χ2v) is 7.35. The largest absolute Gasteiger partial charge is 0.324 e. The summed E-state index contributed by atoms with van der Waals surface area (Å²) in [5, 5.41) is 3.62. The lowest BCUT2D eigenvalue weighted by Crippen LogP contribution is -2.50. The topological polar surface area (TPSA) is 20.2 Å². The van der Waals surface area contributed by atoms with Gasteiger partial charge >= 0.3 is 0 Å². The molecule has 23 heavy (non-hydrogen) atoms. The minimum Gasteiger partial charge on any atom is -0.324 e. The second-order valence-electron chi connectivity index (χ2n) is 7.35. The second kappa shape index (κ2) is 6.50. The quantitative estimate of drug-likeness (QED) is 0.937. The fraction of sp³-hybridized carbons (Fsp3) is 0.500. The van der Waals surface area contributed by atoms with E-state index in [9.17, 15) is 0 Å². The first kappa shape index (κ1) is 15.0. The lowest BCUT2D eigenvalue weighted by Gasteiger charge is -2.45. The van der Waals surface area contributed by atoms with Gasteiger partial charge in [-0.15, -0.1) is 0 Å². The van der Waals surface area contributed by atoms with Crippen LogP contribution in [0.5, 0.6) is 0 Å². The van der Waals surface area contributed by atoms with Crippen molar-refractivity contribution in [3.63, 3.8) is 0 Å². The zero-order chi connectivity index (χ0) is 15.5. The standard InChI is InChI=1S/C20H27N3/c1-2-14-23(13-1)19-7-5-18(6-8-19)15-22-12-4-10-20(17-22)9-3-11-21-16-20/h1-2,5-8,13-14,21H,3-4,9-12,15-17H2. The molecule has 1 spiro atoms. The SMILES string of the molecule is c1ccn(-c2ccc(CN3CCCC4(CCCNC4)C3)cc2)c1. The van der Waals surface area contributed by atoms with E-state index in [1.165, 1.54) is 63.1 Å². The van der Waals surface area contributed by atoms with Crippen LogP contribution >= 0.6 is 0 Å². The molecule has 0 aliphatic carbocycles. The zero-order valence-electron chi connectivity index (χ0n) is 13.9. The molecule has 3 heteroatoms. The number of nitrogens with zero attached hydrogens (tertiary/aromatic N) is 2. The molecular formula is C20H27N3. The first-order valence-electron chi connectivity index (χ1n) is 8.98. The molecule has 1 aromatic carbocycles. The van der Waals surface area contributed by atoms with Crippen LogP contribution < -0.4 is 5.32 Å². The highest BCUT2D eigenvalue weighted by Crippen LogP contribution is 2.36. The van der Waals surface area contributed by atoms with E-state index >= 15 is 0 Å². The molecule has 2 aliphatic rings. The van der Waals surface area contributed by atoms with Gasteiger partial charge in [-0.2, -0.15) is 0 Å². The predicted octanol–water partition coefficient (Wildman–Crippen LogP) is 3.44. The minimum atomic E-state index is 0.543. The predicted molar refractivity (Wildman–Crippen MR) is 94.8 cm³/mol. The number of likely N-dealkylation sites (tertiary alicyclic amines) is 1. The average molecular weight is 309 g/mol. The van der Waals surface area contributed by atoms with Gasteiger partial charge in [0.05, 0.1) is 0 Å². The van der Waals surface area contributed by atoms with Gasteiger partial charge in [-0.05, 0) is 74.0 Å². The molecular weight excluding hydrogens is 282 g/mol.